The van der Waals surface area contributed by atoms with Crippen LogP contribution in [0.3, 0.4) is 0 Å². The van der Waals surface area contributed by atoms with E-state index < -0.39 is 18.0 Å². The maximum absolute atomic E-state index is 13.8. The summed E-state index contributed by atoms with van der Waals surface area (Å²) >= 11 is 13.4. The summed E-state index contributed by atoms with van der Waals surface area (Å²) in [5.74, 6) is -0.822. The molecule has 204 valence electrons. The number of ether oxygens (including phenoxy) is 1. The number of carboxylic acids is 1. The molecule has 1 atom stereocenters. The summed E-state index contributed by atoms with van der Waals surface area (Å²) in [5.41, 5.74) is 1.64. The third kappa shape index (κ3) is 5.28. The highest BCUT2D eigenvalue weighted by Crippen LogP contribution is 2.32. The van der Waals surface area contributed by atoms with E-state index in [-0.39, 0.29) is 27.8 Å². The van der Waals surface area contributed by atoms with Crippen LogP contribution in [0.4, 0.5) is 0 Å². The lowest BCUT2D eigenvalue weighted by atomic mass is 9.96. The Balaban J connectivity index is 1.60. The van der Waals surface area contributed by atoms with Gasteiger partial charge in [0.25, 0.3) is 5.56 Å². The summed E-state index contributed by atoms with van der Waals surface area (Å²) in [7, 11) is 0. The molecule has 1 N–H and O–H groups in total. The van der Waals surface area contributed by atoms with Crippen molar-refractivity contribution >= 4 is 52.6 Å². The Hall–Kier alpha value is -3.92. The maximum atomic E-state index is 13.8. The second-order valence-electron chi connectivity index (χ2n) is 9.29. The number of aromatic nitrogens is 1. The van der Waals surface area contributed by atoms with E-state index in [1.807, 2.05) is 0 Å². The fourth-order valence-corrected chi connectivity index (χ4v) is 5.79. The molecule has 0 spiro atoms. The highest BCUT2D eigenvalue weighted by atomic mass is 35.5. The van der Waals surface area contributed by atoms with Crippen molar-refractivity contribution in [3.8, 4) is 11.3 Å². The van der Waals surface area contributed by atoms with Crippen molar-refractivity contribution in [1.29, 1.82) is 0 Å². The van der Waals surface area contributed by atoms with Gasteiger partial charge in [-0.2, -0.15) is 0 Å². The number of fused-ring (bicyclic) bond motifs is 1. The van der Waals surface area contributed by atoms with E-state index in [4.69, 9.17) is 32.4 Å². The topological polar surface area (TPSA) is 111 Å². The van der Waals surface area contributed by atoms with Crippen molar-refractivity contribution in [2.45, 2.75) is 32.9 Å². The Morgan fingerprint density at radius 3 is 2.50 bits per heavy atom. The van der Waals surface area contributed by atoms with E-state index in [0.717, 1.165) is 0 Å². The van der Waals surface area contributed by atoms with Crippen molar-refractivity contribution in [2.24, 2.45) is 4.99 Å². The lowest BCUT2D eigenvalue weighted by Crippen LogP contribution is -2.40. The zero-order valence-corrected chi connectivity index (χ0v) is 23.8. The second-order valence-corrected chi connectivity index (χ2v) is 11.1. The van der Waals surface area contributed by atoms with Crippen molar-refractivity contribution in [1.82, 2.24) is 4.57 Å². The van der Waals surface area contributed by atoms with Gasteiger partial charge in [-0.05, 0) is 62.7 Å². The van der Waals surface area contributed by atoms with E-state index >= 15 is 0 Å². The van der Waals surface area contributed by atoms with Crippen LogP contribution in [-0.4, -0.2) is 27.7 Å². The van der Waals surface area contributed by atoms with E-state index in [9.17, 15) is 19.5 Å². The molecule has 2 aromatic carbocycles. The Kier molecular flexibility index (Phi) is 7.55. The van der Waals surface area contributed by atoms with Gasteiger partial charge < -0.3 is 14.3 Å². The quantitative estimate of drug-likeness (QED) is 0.296. The SMILES string of the molecule is CC1=C(C(=O)OC(C)C)[C@@H](c2ccc(Cl)cc2)n2c(s/c(=C\c3ccc(-c4ccc(C(=O)O)c(Cl)c4)o3)c2=O)=N1. The van der Waals surface area contributed by atoms with Gasteiger partial charge in [-0.25, -0.2) is 14.6 Å². The van der Waals surface area contributed by atoms with Gasteiger partial charge in [0.05, 0.1) is 38.5 Å². The van der Waals surface area contributed by atoms with Crippen LogP contribution in [0, 0.1) is 0 Å². The van der Waals surface area contributed by atoms with Crippen LogP contribution in [-0.2, 0) is 9.53 Å². The highest BCUT2D eigenvalue weighted by Gasteiger charge is 2.33. The first-order chi connectivity index (χ1) is 19.0. The molecule has 0 radical (unpaired) electrons. The van der Waals surface area contributed by atoms with Gasteiger partial charge in [-0.1, -0.05) is 52.7 Å². The molecule has 0 aliphatic carbocycles. The Morgan fingerprint density at radius 1 is 1.12 bits per heavy atom. The lowest BCUT2D eigenvalue weighted by Gasteiger charge is -2.25. The molecule has 8 nitrogen and oxygen atoms in total. The third-order valence-electron chi connectivity index (χ3n) is 6.15. The van der Waals surface area contributed by atoms with Gasteiger partial charge >= 0.3 is 11.9 Å². The molecular formula is C29H22Cl2N2O6S. The number of hydrogen-bond donors (Lipinski definition) is 1. The molecule has 0 fully saturated rings. The molecule has 0 saturated carbocycles. The Morgan fingerprint density at radius 2 is 1.85 bits per heavy atom. The first-order valence-electron chi connectivity index (χ1n) is 12.2. The number of rotatable bonds is 6. The molecule has 3 heterocycles. The predicted octanol–water partition coefficient (Wildman–Crippen LogP) is 5.45. The number of allylic oxidation sites excluding steroid dienone is 1. The number of aromatic carboxylic acids is 1. The van der Waals surface area contributed by atoms with Gasteiger partial charge in [0.2, 0.25) is 0 Å². The van der Waals surface area contributed by atoms with E-state index in [1.54, 1.807) is 69.3 Å². The number of nitrogens with zero attached hydrogens (tertiary/aromatic N) is 2. The second kappa shape index (κ2) is 10.9. The summed E-state index contributed by atoms with van der Waals surface area (Å²) in [4.78, 5) is 43.2. The molecule has 0 bridgehead atoms. The summed E-state index contributed by atoms with van der Waals surface area (Å²) < 4.78 is 13.3. The largest absolute Gasteiger partial charge is 0.478 e. The molecule has 1 aliphatic rings. The molecule has 4 aromatic rings. The number of carbonyl (C=O) groups excluding carboxylic acids is 1. The van der Waals surface area contributed by atoms with Crippen LogP contribution >= 0.6 is 34.5 Å². The minimum atomic E-state index is -1.13. The average molecular weight is 597 g/mol. The monoisotopic (exact) mass is 596 g/mol. The number of benzene rings is 2. The van der Waals surface area contributed by atoms with Crippen molar-refractivity contribution in [3.63, 3.8) is 0 Å². The minimum Gasteiger partial charge on any atom is -0.478 e. The van der Waals surface area contributed by atoms with Gasteiger partial charge in [-0.3, -0.25) is 9.36 Å². The van der Waals surface area contributed by atoms with Gasteiger partial charge in [0, 0.05) is 16.7 Å². The lowest BCUT2D eigenvalue weighted by molar-refractivity contribution is -0.143. The number of furan rings is 1. The molecule has 0 unspecified atom stereocenters. The summed E-state index contributed by atoms with van der Waals surface area (Å²) in [5, 5.41) is 9.82. The minimum absolute atomic E-state index is 0.0134. The smallest absolute Gasteiger partial charge is 0.338 e. The van der Waals surface area contributed by atoms with Crippen molar-refractivity contribution in [2.75, 3.05) is 0 Å². The number of carbonyl (C=O) groups is 2. The summed E-state index contributed by atoms with van der Waals surface area (Å²) in [6, 6.07) is 14.1. The van der Waals surface area contributed by atoms with E-state index in [1.165, 1.54) is 28.0 Å². The maximum Gasteiger partial charge on any atom is 0.338 e. The Labute approximate surface area is 242 Å². The van der Waals surface area contributed by atoms with Crippen LogP contribution in [0.15, 0.2) is 80.1 Å². The molecule has 40 heavy (non-hydrogen) atoms. The number of carboxylic acid groups (broad SMARTS) is 1. The van der Waals surface area contributed by atoms with Crippen molar-refractivity contribution in [3.05, 3.63) is 112 Å². The summed E-state index contributed by atoms with van der Waals surface area (Å²) in [6.45, 7) is 5.23. The molecule has 1 aliphatic heterocycles. The molecule has 0 saturated heterocycles. The van der Waals surface area contributed by atoms with Crippen LogP contribution in [0.1, 0.15) is 48.5 Å². The molecule has 0 amide bonds. The van der Waals surface area contributed by atoms with Crippen molar-refractivity contribution < 1.29 is 23.8 Å². The average Bonchev–Trinajstić information content (AvgIpc) is 3.47. The fourth-order valence-electron chi connectivity index (χ4n) is 4.38. The number of thiazole rings is 1. The number of esters is 1. The van der Waals surface area contributed by atoms with Crippen LogP contribution < -0.4 is 14.9 Å². The normalized spacial score (nSPS) is 15.2. The fraction of sp³-hybridized carbons (Fsp3) is 0.172. The standard InChI is InChI=1S/C29H22Cl2N2O6S/c1-14(2)38-28(37)24-15(3)32-29-33(25(24)16-4-7-18(30)8-5-16)26(34)23(40-29)13-19-9-11-22(39-19)17-6-10-20(27(35)36)21(31)12-17/h4-14,25H,1-3H3,(H,35,36)/b23-13-/t25-/m1/s1. The predicted molar refractivity (Wildman–Crippen MR) is 153 cm³/mol. The van der Waals surface area contributed by atoms with E-state index in [0.29, 0.717) is 42.7 Å². The zero-order chi connectivity index (χ0) is 28.7. The first kappa shape index (κ1) is 27.6. The number of hydrogen-bond acceptors (Lipinski definition) is 7. The molecule has 11 heteroatoms. The van der Waals surface area contributed by atoms with Crippen LogP contribution in [0.5, 0.6) is 0 Å². The van der Waals surface area contributed by atoms with Crippen LogP contribution in [0.25, 0.3) is 17.4 Å². The van der Waals surface area contributed by atoms with Gasteiger partial charge in [-0.15, -0.1) is 0 Å². The molecular weight excluding hydrogens is 575 g/mol. The van der Waals surface area contributed by atoms with Crippen LogP contribution in [0.2, 0.25) is 10.0 Å². The number of halogens is 2. The third-order valence-corrected chi connectivity index (χ3v) is 7.70. The van der Waals surface area contributed by atoms with E-state index in [2.05, 4.69) is 4.99 Å². The highest BCUT2D eigenvalue weighted by molar-refractivity contribution is 7.07. The zero-order valence-electron chi connectivity index (χ0n) is 21.5. The first-order valence-corrected chi connectivity index (χ1v) is 13.7. The summed E-state index contributed by atoms with van der Waals surface area (Å²) in [6.07, 6.45) is 1.25. The Bertz CT molecular complexity index is 1870. The van der Waals surface area contributed by atoms with Gasteiger partial charge in [0.15, 0.2) is 4.80 Å². The molecule has 5 rings (SSSR count). The van der Waals surface area contributed by atoms with Gasteiger partial charge in [0.1, 0.15) is 11.5 Å². The molecule has 2 aromatic heterocycles.